The van der Waals surface area contributed by atoms with Gasteiger partial charge in [0.1, 0.15) is 0 Å². The molecule has 0 radical (unpaired) electrons. The van der Waals surface area contributed by atoms with Crippen LogP contribution < -0.4 is 0 Å². The van der Waals surface area contributed by atoms with Crippen molar-refractivity contribution in [1.29, 1.82) is 0 Å². The van der Waals surface area contributed by atoms with Gasteiger partial charge in [-0.05, 0) is 68.3 Å². The van der Waals surface area contributed by atoms with E-state index < -0.39 is 8.07 Å². The molecular weight excluding hydrogens is 504 g/mol. The molecule has 0 aliphatic heterocycles. The van der Waals surface area contributed by atoms with Gasteiger partial charge in [-0.25, -0.2) is 0 Å². The Morgan fingerprint density at radius 3 is 1.69 bits per heavy atom. The maximum Gasteiger partial charge on any atom is 0.0726 e. The zero-order valence-corrected chi connectivity index (χ0v) is 25.4. The van der Waals surface area contributed by atoms with Crippen molar-refractivity contribution < 1.29 is 0 Å². The summed E-state index contributed by atoms with van der Waals surface area (Å²) in [4.78, 5) is 0. The van der Waals surface area contributed by atoms with Crippen molar-refractivity contribution in [2.45, 2.75) is 83.5 Å². The molecule has 0 amide bonds. The van der Waals surface area contributed by atoms with E-state index >= 15 is 0 Å². The van der Waals surface area contributed by atoms with Crippen LogP contribution in [0.15, 0.2) is 64.6 Å². The number of hydrogen-bond acceptors (Lipinski definition) is 0. The van der Waals surface area contributed by atoms with E-state index in [1.165, 1.54) is 43.4 Å². The molecule has 0 N–H and O–H groups in total. The largest absolute Gasteiger partial charge is 0.0726 e. The number of rotatable bonds is 2. The van der Waals surface area contributed by atoms with Crippen molar-refractivity contribution in [2.24, 2.45) is 0 Å². The monoisotopic (exact) mass is 542 g/mol. The molecular formula is C33H39BrSi. The van der Waals surface area contributed by atoms with Crippen LogP contribution in [0.25, 0.3) is 17.2 Å². The fourth-order valence-corrected chi connectivity index (χ4v) is 11.9. The van der Waals surface area contributed by atoms with Crippen LogP contribution in [0.4, 0.5) is 0 Å². The summed E-state index contributed by atoms with van der Waals surface area (Å²) in [5.74, 6) is 0. The van der Waals surface area contributed by atoms with E-state index in [0.29, 0.717) is 11.1 Å². The van der Waals surface area contributed by atoms with Gasteiger partial charge in [-0.3, -0.25) is 0 Å². The van der Waals surface area contributed by atoms with E-state index in [1.807, 2.05) is 0 Å². The molecule has 182 valence electrons. The van der Waals surface area contributed by atoms with E-state index in [2.05, 4.69) is 138 Å². The van der Waals surface area contributed by atoms with Gasteiger partial charge < -0.3 is 0 Å². The summed E-state index contributed by atoms with van der Waals surface area (Å²) in [5.41, 5.74) is 14.6. The molecule has 5 rings (SSSR count). The Kier molecular flexibility index (Phi) is 5.70. The Balaban J connectivity index is 1.73. The Labute approximate surface area is 222 Å². The topological polar surface area (TPSA) is 0 Å². The molecule has 0 nitrogen and oxygen atoms in total. The fourth-order valence-electron chi connectivity index (χ4n) is 6.65. The lowest BCUT2D eigenvalue weighted by molar-refractivity contribution is 0.589. The molecule has 1 unspecified atom stereocenters. The third-order valence-electron chi connectivity index (χ3n) is 8.46. The summed E-state index contributed by atoms with van der Waals surface area (Å²) < 4.78 is 1.22. The SMILES string of the molecule is CC1=Cc2c(Br)cccc2C1[Si](C)(C)C1c2ccc(C(C)(C)C)cc2-c2cc(C(C)(C)C)ccc21. The van der Waals surface area contributed by atoms with Crippen molar-refractivity contribution >= 4 is 30.1 Å². The van der Waals surface area contributed by atoms with Gasteiger partial charge in [-0.1, -0.05) is 131 Å². The average molecular weight is 544 g/mol. The third kappa shape index (κ3) is 3.92. The van der Waals surface area contributed by atoms with E-state index in [4.69, 9.17) is 0 Å². The van der Waals surface area contributed by atoms with Crippen LogP contribution in [-0.2, 0) is 10.8 Å². The quantitative estimate of drug-likeness (QED) is 0.282. The molecule has 1 atom stereocenters. The second kappa shape index (κ2) is 8.05. The van der Waals surface area contributed by atoms with Crippen LogP contribution in [-0.4, -0.2) is 8.07 Å². The summed E-state index contributed by atoms with van der Waals surface area (Å²) in [6.45, 7) is 21.6. The molecule has 0 fully saturated rings. The predicted octanol–water partition coefficient (Wildman–Crippen LogP) is 10.1. The van der Waals surface area contributed by atoms with Crippen LogP contribution in [0, 0.1) is 0 Å². The van der Waals surface area contributed by atoms with Crippen LogP contribution in [0.3, 0.4) is 0 Å². The van der Waals surface area contributed by atoms with Gasteiger partial charge >= 0.3 is 0 Å². The highest BCUT2D eigenvalue weighted by Crippen LogP contribution is 2.56. The van der Waals surface area contributed by atoms with E-state index in [-0.39, 0.29) is 10.8 Å². The number of halogens is 1. The Morgan fingerprint density at radius 1 is 0.686 bits per heavy atom. The molecule has 0 heterocycles. The molecule has 3 aromatic carbocycles. The Bertz CT molecular complexity index is 1300. The van der Waals surface area contributed by atoms with Crippen LogP contribution in [0.5, 0.6) is 0 Å². The minimum atomic E-state index is -1.89. The van der Waals surface area contributed by atoms with E-state index in [0.717, 1.165) is 0 Å². The maximum absolute atomic E-state index is 3.83. The lowest BCUT2D eigenvalue weighted by Gasteiger charge is -2.38. The number of fused-ring (bicyclic) bond motifs is 4. The first-order chi connectivity index (χ1) is 16.2. The highest BCUT2D eigenvalue weighted by molar-refractivity contribution is 9.10. The summed E-state index contributed by atoms with van der Waals surface area (Å²) in [6.07, 6.45) is 2.43. The molecule has 35 heavy (non-hydrogen) atoms. The molecule has 3 aromatic rings. The van der Waals surface area contributed by atoms with Gasteiger partial charge in [-0.15, -0.1) is 0 Å². The van der Waals surface area contributed by atoms with Crippen LogP contribution >= 0.6 is 15.9 Å². The fraction of sp³-hybridized carbons (Fsp3) is 0.394. The summed E-state index contributed by atoms with van der Waals surface area (Å²) in [6, 6.07) is 21.5. The van der Waals surface area contributed by atoms with Gasteiger partial charge in [0, 0.05) is 15.6 Å². The second-order valence-corrected chi connectivity index (χ2v) is 19.1. The number of benzene rings is 3. The Hall–Kier alpha value is -1.90. The minimum absolute atomic E-state index is 0.137. The summed E-state index contributed by atoms with van der Waals surface area (Å²) >= 11 is 3.83. The van der Waals surface area contributed by atoms with Crippen molar-refractivity contribution in [1.82, 2.24) is 0 Å². The number of allylic oxidation sites excluding steroid dienone is 1. The van der Waals surface area contributed by atoms with Gasteiger partial charge in [0.15, 0.2) is 0 Å². The smallest absolute Gasteiger partial charge is 0.0679 e. The van der Waals surface area contributed by atoms with Gasteiger partial charge in [-0.2, -0.15) is 0 Å². The minimum Gasteiger partial charge on any atom is -0.0679 e. The molecule has 2 aliphatic rings. The maximum atomic E-state index is 3.83. The standard InChI is InChI=1S/C33H39BrSi/c1-20-17-28-23(11-10-12-29(28)34)30(20)35(8,9)31-24-15-13-21(32(2,3)4)18-26(24)27-19-22(33(5,6)7)14-16-25(27)31/h10-19,30-31H,1-9H3. The molecule has 0 spiro atoms. The highest BCUT2D eigenvalue weighted by atomic mass is 79.9. The van der Waals surface area contributed by atoms with E-state index in [9.17, 15) is 0 Å². The molecule has 0 aromatic heterocycles. The van der Waals surface area contributed by atoms with Crippen molar-refractivity contribution in [2.75, 3.05) is 0 Å². The highest BCUT2D eigenvalue weighted by Gasteiger charge is 2.48. The normalized spacial score (nSPS) is 17.8. The van der Waals surface area contributed by atoms with Gasteiger partial charge in [0.25, 0.3) is 0 Å². The van der Waals surface area contributed by atoms with Gasteiger partial charge in [0.2, 0.25) is 0 Å². The first-order valence-electron chi connectivity index (χ1n) is 13.0. The number of hydrogen-bond donors (Lipinski definition) is 0. The van der Waals surface area contributed by atoms with Crippen LogP contribution in [0.1, 0.15) is 92.9 Å². The first kappa shape index (κ1) is 24.8. The first-order valence-corrected chi connectivity index (χ1v) is 16.9. The molecule has 0 saturated carbocycles. The second-order valence-electron chi connectivity index (χ2n) is 13.4. The van der Waals surface area contributed by atoms with Crippen molar-refractivity contribution in [3.8, 4) is 11.1 Å². The third-order valence-corrected chi connectivity index (χ3v) is 13.5. The summed E-state index contributed by atoms with van der Waals surface area (Å²) in [5, 5.41) is 0. The zero-order chi connectivity index (χ0) is 25.5. The predicted molar refractivity (Wildman–Crippen MR) is 159 cm³/mol. The lowest BCUT2D eigenvalue weighted by Crippen LogP contribution is -2.42. The molecule has 2 heteroatoms. The summed E-state index contributed by atoms with van der Waals surface area (Å²) in [7, 11) is -1.89. The van der Waals surface area contributed by atoms with Crippen molar-refractivity contribution in [3.05, 3.63) is 98.0 Å². The lowest BCUT2D eigenvalue weighted by atomic mass is 9.83. The molecule has 0 saturated heterocycles. The van der Waals surface area contributed by atoms with Gasteiger partial charge in [0.05, 0.1) is 8.07 Å². The Morgan fingerprint density at radius 2 is 1.20 bits per heavy atom. The van der Waals surface area contributed by atoms with Crippen molar-refractivity contribution in [3.63, 3.8) is 0 Å². The molecule has 0 bridgehead atoms. The van der Waals surface area contributed by atoms with Crippen LogP contribution in [0.2, 0.25) is 13.1 Å². The average Bonchev–Trinajstić information content (AvgIpc) is 3.27. The molecule has 2 aliphatic carbocycles. The zero-order valence-electron chi connectivity index (χ0n) is 22.8. The van der Waals surface area contributed by atoms with E-state index in [1.54, 1.807) is 11.1 Å².